The summed E-state index contributed by atoms with van der Waals surface area (Å²) < 4.78 is 11.4. The summed E-state index contributed by atoms with van der Waals surface area (Å²) in [6.45, 7) is 3.40. The number of aryl methyl sites for hydroxylation is 1. The summed E-state index contributed by atoms with van der Waals surface area (Å²) >= 11 is 0. The first-order chi connectivity index (χ1) is 11.7. The monoisotopic (exact) mass is 327 g/mol. The first-order valence-corrected chi connectivity index (χ1v) is 8.12. The molecular weight excluding hydrogens is 306 g/mol. The van der Waals surface area contributed by atoms with Crippen molar-refractivity contribution in [3.63, 3.8) is 0 Å². The number of hydrogen-bond acceptors (Lipinski definition) is 5. The van der Waals surface area contributed by atoms with Crippen LogP contribution in [0, 0.1) is 6.92 Å². The average Bonchev–Trinajstić information content (AvgIpc) is 2.61. The number of hydrogen-bond donors (Lipinski definition) is 0. The quantitative estimate of drug-likeness (QED) is 0.842. The van der Waals surface area contributed by atoms with E-state index in [0.29, 0.717) is 19.0 Å². The highest BCUT2D eigenvalue weighted by atomic mass is 16.5. The van der Waals surface area contributed by atoms with Crippen LogP contribution in [0.15, 0.2) is 42.6 Å². The van der Waals surface area contributed by atoms with Gasteiger partial charge in [-0.15, -0.1) is 5.10 Å². The SMILES string of the molecule is Cc1cccc(OCC(=O)N2CCC(Oc3cccnn3)CC2)c1. The van der Waals surface area contributed by atoms with Crippen molar-refractivity contribution in [1.29, 1.82) is 0 Å². The molecule has 0 saturated carbocycles. The van der Waals surface area contributed by atoms with Gasteiger partial charge in [0, 0.05) is 38.2 Å². The highest BCUT2D eigenvalue weighted by Gasteiger charge is 2.24. The molecule has 0 bridgehead atoms. The second kappa shape index (κ2) is 7.77. The summed E-state index contributed by atoms with van der Waals surface area (Å²) in [5.41, 5.74) is 1.11. The molecule has 2 aromatic rings. The number of carbonyl (C=O) groups excluding carboxylic acids is 1. The predicted octanol–water partition coefficient (Wildman–Crippen LogP) is 2.23. The lowest BCUT2D eigenvalue weighted by atomic mass is 10.1. The maximum absolute atomic E-state index is 12.3. The van der Waals surface area contributed by atoms with Crippen LogP contribution in [0.1, 0.15) is 18.4 Å². The van der Waals surface area contributed by atoms with E-state index in [0.717, 1.165) is 24.2 Å². The third kappa shape index (κ3) is 4.44. The van der Waals surface area contributed by atoms with Crippen LogP contribution in [-0.2, 0) is 4.79 Å². The maximum Gasteiger partial charge on any atom is 0.260 e. The summed E-state index contributed by atoms with van der Waals surface area (Å²) in [4.78, 5) is 14.1. The van der Waals surface area contributed by atoms with Crippen LogP contribution < -0.4 is 9.47 Å². The fourth-order valence-electron chi connectivity index (χ4n) is 2.69. The topological polar surface area (TPSA) is 64.5 Å². The molecular formula is C18H21N3O3. The van der Waals surface area contributed by atoms with Crippen LogP contribution in [-0.4, -0.2) is 46.8 Å². The molecule has 0 radical (unpaired) electrons. The second-order valence-corrected chi connectivity index (χ2v) is 5.87. The zero-order valence-corrected chi connectivity index (χ0v) is 13.7. The fourth-order valence-corrected chi connectivity index (χ4v) is 2.69. The molecule has 0 unspecified atom stereocenters. The number of aromatic nitrogens is 2. The third-order valence-electron chi connectivity index (χ3n) is 3.98. The van der Waals surface area contributed by atoms with Crippen molar-refractivity contribution in [2.75, 3.05) is 19.7 Å². The maximum atomic E-state index is 12.3. The Bertz CT molecular complexity index is 670. The van der Waals surface area contributed by atoms with Crippen LogP contribution in [0.5, 0.6) is 11.6 Å². The zero-order valence-electron chi connectivity index (χ0n) is 13.7. The van der Waals surface area contributed by atoms with Crippen LogP contribution in [0.25, 0.3) is 0 Å². The molecule has 6 nitrogen and oxygen atoms in total. The van der Waals surface area contributed by atoms with Gasteiger partial charge in [-0.3, -0.25) is 4.79 Å². The molecule has 0 aliphatic carbocycles. The molecule has 1 aromatic heterocycles. The molecule has 0 N–H and O–H groups in total. The van der Waals surface area contributed by atoms with E-state index in [2.05, 4.69) is 10.2 Å². The van der Waals surface area contributed by atoms with Gasteiger partial charge in [-0.25, -0.2) is 0 Å². The minimum Gasteiger partial charge on any atom is -0.484 e. The van der Waals surface area contributed by atoms with Crippen LogP contribution in [0.3, 0.4) is 0 Å². The van der Waals surface area contributed by atoms with Gasteiger partial charge in [0.2, 0.25) is 5.88 Å². The fraction of sp³-hybridized carbons (Fsp3) is 0.389. The van der Waals surface area contributed by atoms with Crippen LogP contribution >= 0.6 is 0 Å². The predicted molar refractivity (Wildman–Crippen MR) is 88.9 cm³/mol. The Labute approximate surface area is 141 Å². The van der Waals surface area contributed by atoms with E-state index in [9.17, 15) is 4.79 Å². The average molecular weight is 327 g/mol. The molecule has 24 heavy (non-hydrogen) atoms. The molecule has 1 aliphatic heterocycles. The number of ether oxygens (including phenoxy) is 2. The van der Waals surface area contributed by atoms with E-state index in [1.807, 2.05) is 36.1 Å². The van der Waals surface area contributed by atoms with E-state index < -0.39 is 0 Å². The van der Waals surface area contributed by atoms with Crippen molar-refractivity contribution in [2.45, 2.75) is 25.9 Å². The molecule has 1 aromatic carbocycles. The minimum atomic E-state index is 0.00876. The molecule has 0 spiro atoms. The van der Waals surface area contributed by atoms with Crippen molar-refractivity contribution < 1.29 is 14.3 Å². The van der Waals surface area contributed by atoms with Crippen molar-refractivity contribution in [3.05, 3.63) is 48.2 Å². The first-order valence-electron chi connectivity index (χ1n) is 8.12. The normalized spacial score (nSPS) is 15.1. The molecule has 2 heterocycles. The Hall–Kier alpha value is -2.63. The smallest absolute Gasteiger partial charge is 0.260 e. The summed E-state index contributed by atoms with van der Waals surface area (Å²) in [5, 5.41) is 7.72. The van der Waals surface area contributed by atoms with E-state index in [1.165, 1.54) is 0 Å². The van der Waals surface area contributed by atoms with Gasteiger partial charge in [-0.05, 0) is 30.7 Å². The Morgan fingerprint density at radius 2 is 2.08 bits per heavy atom. The van der Waals surface area contributed by atoms with Crippen molar-refractivity contribution in [3.8, 4) is 11.6 Å². The molecule has 1 aliphatic rings. The lowest BCUT2D eigenvalue weighted by molar-refractivity contribution is -0.135. The molecule has 1 amide bonds. The van der Waals surface area contributed by atoms with Gasteiger partial charge in [0.25, 0.3) is 5.91 Å². The number of carbonyl (C=O) groups is 1. The molecule has 126 valence electrons. The summed E-state index contributed by atoms with van der Waals surface area (Å²) in [7, 11) is 0. The molecule has 1 fully saturated rings. The Morgan fingerprint density at radius 3 is 2.79 bits per heavy atom. The van der Waals surface area contributed by atoms with E-state index >= 15 is 0 Å². The first kappa shape index (κ1) is 16.2. The van der Waals surface area contributed by atoms with Gasteiger partial charge < -0.3 is 14.4 Å². The number of piperidine rings is 1. The van der Waals surface area contributed by atoms with Crippen LogP contribution in [0.4, 0.5) is 0 Å². The lowest BCUT2D eigenvalue weighted by Gasteiger charge is -2.31. The Kier molecular flexibility index (Phi) is 5.25. The minimum absolute atomic E-state index is 0.00876. The number of benzene rings is 1. The van der Waals surface area contributed by atoms with E-state index in [1.54, 1.807) is 18.3 Å². The van der Waals surface area contributed by atoms with Crippen LogP contribution in [0.2, 0.25) is 0 Å². The Morgan fingerprint density at radius 1 is 1.25 bits per heavy atom. The van der Waals surface area contributed by atoms with Crippen molar-refractivity contribution in [2.24, 2.45) is 0 Å². The van der Waals surface area contributed by atoms with Gasteiger partial charge in [0.05, 0.1) is 0 Å². The molecule has 1 saturated heterocycles. The molecule has 3 rings (SSSR count). The highest BCUT2D eigenvalue weighted by Crippen LogP contribution is 2.17. The van der Waals surface area contributed by atoms with Gasteiger partial charge in [0.15, 0.2) is 6.61 Å². The van der Waals surface area contributed by atoms with Gasteiger partial charge >= 0.3 is 0 Å². The molecule has 0 atom stereocenters. The van der Waals surface area contributed by atoms with Crippen molar-refractivity contribution in [1.82, 2.24) is 15.1 Å². The van der Waals surface area contributed by atoms with E-state index in [-0.39, 0.29) is 18.6 Å². The number of rotatable bonds is 5. The van der Waals surface area contributed by atoms with E-state index in [4.69, 9.17) is 9.47 Å². The summed E-state index contributed by atoms with van der Waals surface area (Å²) in [6.07, 6.45) is 3.26. The lowest BCUT2D eigenvalue weighted by Crippen LogP contribution is -2.43. The van der Waals surface area contributed by atoms with Gasteiger partial charge in [-0.1, -0.05) is 12.1 Å². The number of likely N-dealkylation sites (tertiary alicyclic amines) is 1. The summed E-state index contributed by atoms with van der Waals surface area (Å²) in [5.74, 6) is 1.27. The number of amides is 1. The zero-order chi connectivity index (χ0) is 16.8. The number of nitrogens with zero attached hydrogens (tertiary/aromatic N) is 3. The Balaban J connectivity index is 1.43. The second-order valence-electron chi connectivity index (χ2n) is 5.87. The summed E-state index contributed by atoms with van der Waals surface area (Å²) in [6, 6.07) is 11.3. The highest BCUT2D eigenvalue weighted by molar-refractivity contribution is 5.77. The standard InChI is InChI=1S/C18H21N3O3/c1-14-4-2-5-16(12-14)23-13-18(22)21-10-7-15(8-11-21)24-17-6-3-9-19-20-17/h2-6,9,12,15H,7-8,10-11,13H2,1H3. The third-order valence-corrected chi connectivity index (χ3v) is 3.98. The molecule has 6 heteroatoms. The van der Waals surface area contributed by atoms with Gasteiger partial charge in [0.1, 0.15) is 11.9 Å². The van der Waals surface area contributed by atoms with Crippen molar-refractivity contribution >= 4 is 5.91 Å². The largest absolute Gasteiger partial charge is 0.484 e. The van der Waals surface area contributed by atoms with Gasteiger partial charge in [-0.2, -0.15) is 5.10 Å².